The number of aliphatic carboxylic acids is 1. The second-order valence-electron chi connectivity index (χ2n) is 7.44. The zero-order valence-electron chi connectivity index (χ0n) is 16.8. The Morgan fingerprint density at radius 2 is 1.84 bits per heavy atom. The van der Waals surface area contributed by atoms with E-state index in [2.05, 4.69) is 15.5 Å². The number of hydrogen-bond donors (Lipinski definition) is 3. The van der Waals surface area contributed by atoms with Crippen LogP contribution >= 0.6 is 0 Å². The summed E-state index contributed by atoms with van der Waals surface area (Å²) >= 11 is 0. The van der Waals surface area contributed by atoms with Gasteiger partial charge in [0.05, 0.1) is 12.0 Å². The zero-order chi connectivity index (χ0) is 23.6. The molecule has 0 bridgehead atoms. The number of carbonyl (C=O) groups is 3. The Hall–Kier alpha value is -3.70. The van der Waals surface area contributed by atoms with Crippen molar-refractivity contribution in [3.05, 3.63) is 63.1 Å². The van der Waals surface area contributed by atoms with Gasteiger partial charge in [-0.05, 0) is 24.5 Å². The number of carboxylic acids is 1. The van der Waals surface area contributed by atoms with E-state index in [0.717, 1.165) is 12.0 Å². The van der Waals surface area contributed by atoms with Crippen molar-refractivity contribution in [3.63, 3.8) is 0 Å². The van der Waals surface area contributed by atoms with Crippen LogP contribution in [0.3, 0.4) is 0 Å². The van der Waals surface area contributed by atoms with Crippen LogP contribution in [0.4, 0.5) is 13.2 Å². The smallest absolute Gasteiger partial charge is 0.475 e. The molecule has 0 spiro atoms. The third-order valence-corrected chi connectivity index (χ3v) is 5.06. The summed E-state index contributed by atoms with van der Waals surface area (Å²) in [7, 11) is 0. The van der Waals surface area contributed by atoms with Crippen molar-refractivity contribution in [1.82, 2.24) is 20.4 Å². The molecule has 0 saturated carbocycles. The van der Waals surface area contributed by atoms with E-state index in [0.29, 0.717) is 18.8 Å². The molecular weight excluding hydrogens is 433 g/mol. The Morgan fingerprint density at radius 1 is 1.22 bits per heavy atom. The van der Waals surface area contributed by atoms with Gasteiger partial charge in [-0.15, -0.1) is 0 Å². The van der Waals surface area contributed by atoms with Crippen molar-refractivity contribution >= 4 is 17.8 Å². The fraction of sp³-hybridized carbons (Fsp3) is 0.350. The molecule has 2 heterocycles. The molecule has 0 radical (unpaired) electrons. The van der Waals surface area contributed by atoms with Crippen LogP contribution in [0.2, 0.25) is 0 Å². The van der Waals surface area contributed by atoms with Crippen LogP contribution in [0.1, 0.15) is 33.2 Å². The highest BCUT2D eigenvalue weighted by atomic mass is 19.4. The number of aromatic amines is 1. The molecule has 1 unspecified atom stereocenters. The van der Waals surface area contributed by atoms with Gasteiger partial charge in [-0.1, -0.05) is 24.3 Å². The number of likely N-dealkylation sites (tertiary alicyclic amines) is 1. The number of aromatic nitrogens is 2. The van der Waals surface area contributed by atoms with Crippen molar-refractivity contribution in [2.24, 2.45) is 0 Å². The average molecular weight is 452 g/mol. The summed E-state index contributed by atoms with van der Waals surface area (Å²) in [6.45, 7) is 2.63. The van der Waals surface area contributed by atoms with Crippen molar-refractivity contribution < 1.29 is 32.7 Å². The van der Waals surface area contributed by atoms with Crippen LogP contribution in [-0.2, 0) is 16.0 Å². The Kier molecular flexibility index (Phi) is 6.32. The number of rotatable bonds is 3. The second-order valence-corrected chi connectivity index (χ2v) is 7.44. The number of halogens is 3. The van der Waals surface area contributed by atoms with Gasteiger partial charge in [0, 0.05) is 24.8 Å². The third kappa shape index (κ3) is 4.95. The summed E-state index contributed by atoms with van der Waals surface area (Å²) in [5, 5.41) is 16.3. The molecule has 1 fully saturated rings. The summed E-state index contributed by atoms with van der Waals surface area (Å²) in [5.74, 6) is -3.22. The lowest BCUT2D eigenvalue weighted by atomic mass is 9.76. The predicted molar refractivity (Wildman–Crippen MR) is 104 cm³/mol. The number of benzene rings is 1. The SMILES string of the molecule is Cc1cc(=O)c(C(=O)NC2CN(C(=O)C3Cc4ccccc43)C2)n[nH]1.O=C(O)C(F)(F)F. The second kappa shape index (κ2) is 8.81. The monoisotopic (exact) mass is 452 g/mol. The molecule has 2 aliphatic rings. The van der Waals surface area contributed by atoms with Crippen LogP contribution in [-0.4, -0.2) is 63.3 Å². The summed E-state index contributed by atoms with van der Waals surface area (Å²) < 4.78 is 31.7. The van der Waals surface area contributed by atoms with Crippen LogP contribution in [0.25, 0.3) is 0 Å². The van der Waals surface area contributed by atoms with Gasteiger partial charge in [0.2, 0.25) is 11.3 Å². The van der Waals surface area contributed by atoms with E-state index in [1.807, 2.05) is 24.3 Å². The number of aryl methyl sites for hydroxylation is 1. The van der Waals surface area contributed by atoms with Crippen molar-refractivity contribution in [2.45, 2.75) is 31.5 Å². The Labute approximate surface area is 179 Å². The maximum absolute atomic E-state index is 12.5. The number of hydrogen-bond acceptors (Lipinski definition) is 5. The average Bonchev–Trinajstić information content (AvgIpc) is 2.64. The van der Waals surface area contributed by atoms with E-state index in [1.165, 1.54) is 11.6 Å². The minimum Gasteiger partial charge on any atom is -0.475 e. The van der Waals surface area contributed by atoms with E-state index in [9.17, 15) is 27.6 Å². The predicted octanol–water partition coefficient (Wildman–Crippen LogP) is 0.992. The van der Waals surface area contributed by atoms with Crippen LogP contribution in [0, 0.1) is 6.92 Å². The summed E-state index contributed by atoms with van der Waals surface area (Å²) in [4.78, 5) is 47.1. The molecule has 2 amide bonds. The largest absolute Gasteiger partial charge is 0.490 e. The molecule has 1 aromatic carbocycles. The molecule has 1 aliphatic carbocycles. The first-order valence-electron chi connectivity index (χ1n) is 9.51. The Bertz CT molecular complexity index is 1110. The molecule has 9 nitrogen and oxygen atoms in total. The fourth-order valence-electron chi connectivity index (χ4n) is 3.36. The number of H-pyrrole nitrogens is 1. The number of nitrogens with zero attached hydrogens (tertiary/aromatic N) is 2. The molecule has 1 atom stereocenters. The molecule has 3 N–H and O–H groups in total. The maximum atomic E-state index is 12.5. The van der Waals surface area contributed by atoms with Crippen molar-refractivity contribution in [3.8, 4) is 0 Å². The minimum absolute atomic E-state index is 0.0607. The van der Waals surface area contributed by atoms with Gasteiger partial charge in [0.25, 0.3) is 5.91 Å². The lowest BCUT2D eigenvalue weighted by Gasteiger charge is -2.43. The number of fused-ring (bicyclic) bond motifs is 1. The van der Waals surface area contributed by atoms with E-state index in [4.69, 9.17) is 9.90 Å². The number of amides is 2. The van der Waals surface area contributed by atoms with Gasteiger partial charge in [0.1, 0.15) is 0 Å². The van der Waals surface area contributed by atoms with E-state index in [1.54, 1.807) is 11.8 Å². The van der Waals surface area contributed by atoms with Gasteiger partial charge < -0.3 is 15.3 Å². The maximum Gasteiger partial charge on any atom is 0.490 e. The van der Waals surface area contributed by atoms with E-state index >= 15 is 0 Å². The summed E-state index contributed by atoms with van der Waals surface area (Å²) in [6.07, 6.45) is -4.30. The highest BCUT2D eigenvalue weighted by Gasteiger charge is 2.40. The molecule has 1 aromatic heterocycles. The van der Waals surface area contributed by atoms with Crippen molar-refractivity contribution in [2.75, 3.05) is 13.1 Å². The molecule has 1 aliphatic heterocycles. The molecule has 4 rings (SSSR count). The highest BCUT2D eigenvalue weighted by Crippen LogP contribution is 2.36. The van der Waals surface area contributed by atoms with Crippen LogP contribution in [0.5, 0.6) is 0 Å². The third-order valence-electron chi connectivity index (χ3n) is 5.06. The minimum atomic E-state index is -5.08. The normalized spacial score (nSPS) is 17.1. The van der Waals surface area contributed by atoms with Crippen molar-refractivity contribution in [1.29, 1.82) is 0 Å². The van der Waals surface area contributed by atoms with Crippen LogP contribution < -0.4 is 10.7 Å². The van der Waals surface area contributed by atoms with Gasteiger partial charge in [-0.25, -0.2) is 4.79 Å². The quantitative estimate of drug-likeness (QED) is 0.636. The first-order valence-corrected chi connectivity index (χ1v) is 9.51. The summed E-state index contributed by atoms with van der Waals surface area (Å²) in [6, 6.07) is 9.17. The number of alkyl halides is 3. The Balaban J connectivity index is 0.000000360. The molecular formula is C20H19F3N4O5. The van der Waals surface area contributed by atoms with Gasteiger partial charge >= 0.3 is 12.1 Å². The number of carboxylic acid groups (broad SMARTS) is 1. The number of nitrogens with one attached hydrogen (secondary N) is 2. The molecule has 170 valence electrons. The number of carbonyl (C=O) groups excluding carboxylic acids is 2. The van der Waals surface area contributed by atoms with Gasteiger partial charge in [0.15, 0.2) is 5.69 Å². The highest BCUT2D eigenvalue weighted by molar-refractivity contribution is 5.93. The van der Waals surface area contributed by atoms with E-state index in [-0.39, 0.29) is 23.6 Å². The van der Waals surface area contributed by atoms with Gasteiger partial charge in [-0.2, -0.15) is 18.3 Å². The molecule has 2 aromatic rings. The molecule has 12 heteroatoms. The Morgan fingerprint density at radius 3 is 2.41 bits per heavy atom. The standard InChI is InChI=1S/C18H18N4O3.C2HF3O2/c1-10-6-15(23)16(21-20-10)17(24)19-12-8-22(9-12)18(25)14-7-11-4-2-3-5-13(11)14;3-2(4,5)1(6)7/h2-6,12,14H,7-9H2,1H3,(H,19,24)(H,20,23);(H,6,7). The lowest BCUT2D eigenvalue weighted by Crippen LogP contribution is -2.62. The fourth-order valence-corrected chi connectivity index (χ4v) is 3.36. The molecule has 32 heavy (non-hydrogen) atoms. The lowest BCUT2D eigenvalue weighted by molar-refractivity contribution is -0.192. The first-order chi connectivity index (χ1) is 15.0. The van der Waals surface area contributed by atoms with E-state index < -0.39 is 23.5 Å². The van der Waals surface area contributed by atoms with Gasteiger partial charge in [-0.3, -0.25) is 19.5 Å². The summed E-state index contributed by atoms with van der Waals surface area (Å²) in [5.41, 5.74) is 2.38. The molecule has 1 saturated heterocycles. The van der Waals surface area contributed by atoms with Crippen LogP contribution in [0.15, 0.2) is 35.1 Å². The topological polar surface area (TPSA) is 132 Å². The first kappa shape index (κ1) is 23.0. The zero-order valence-corrected chi connectivity index (χ0v) is 16.8.